The third kappa shape index (κ3) is 3.04. The van der Waals surface area contributed by atoms with Crippen LogP contribution in [0.5, 0.6) is 0 Å². The van der Waals surface area contributed by atoms with Crippen LogP contribution in [0.1, 0.15) is 10.4 Å². The molecule has 2 N–H and O–H groups in total. The van der Waals surface area contributed by atoms with Crippen LogP contribution in [0, 0.1) is 0 Å². The molecule has 1 aromatic rings. The van der Waals surface area contributed by atoms with Crippen molar-refractivity contribution in [3.05, 3.63) is 28.2 Å². The second-order valence-corrected chi connectivity index (χ2v) is 5.34. The van der Waals surface area contributed by atoms with Crippen LogP contribution in [0.2, 0.25) is 0 Å². The number of piperazine rings is 1. The van der Waals surface area contributed by atoms with E-state index in [2.05, 4.69) is 20.7 Å². The Hall–Kier alpha value is -1.76. The van der Waals surface area contributed by atoms with Gasteiger partial charge in [-0.3, -0.25) is 4.79 Å². The van der Waals surface area contributed by atoms with Gasteiger partial charge in [-0.2, -0.15) is 0 Å². The average molecular weight is 342 g/mol. The largest absolute Gasteiger partial charge is 0.453 e. The Kier molecular flexibility index (Phi) is 4.49. The first-order chi connectivity index (χ1) is 9.52. The molecule has 20 heavy (non-hydrogen) atoms. The van der Waals surface area contributed by atoms with E-state index in [-0.39, 0.29) is 12.0 Å². The van der Waals surface area contributed by atoms with Crippen molar-refractivity contribution >= 4 is 33.6 Å². The maximum atomic E-state index is 12.3. The second kappa shape index (κ2) is 6.13. The summed E-state index contributed by atoms with van der Waals surface area (Å²) in [5.74, 6) is -0.0753. The predicted molar refractivity (Wildman–Crippen MR) is 78.4 cm³/mol. The van der Waals surface area contributed by atoms with Gasteiger partial charge in [0.05, 0.1) is 7.11 Å². The molecule has 0 aliphatic carbocycles. The molecule has 2 amide bonds. The van der Waals surface area contributed by atoms with Crippen molar-refractivity contribution < 1.29 is 14.3 Å². The van der Waals surface area contributed by atoms with E-state index in [4.69, 9.17) is 5.73 Å². The summed E-state index contributed by atoms with van der Waals surface area (Å²) in [5.41, 5.74) is 6.87. The number of anilines is 1. The highest BCUT2D eigenvalue weighted by atomic mass is 79.9. The van der Waals surface area contributed by atoms with E-state index in [1.807, 2.05) is 0 Å². The topological polar surface area (TPSA) is 75.9 Å². The fourth-order valence-corrected chi connectivity index (χ4v) is 2.33. The highest BCUT2D eigenvalue weighted by Gasteiger charge is 2.25. The molecule has 0 saturated carbocycles. The number of nitrogen functional groups attached to an aromatic ring is 1. The fourth-order valence-electron chi connectivity index (χ4n) is 2.08. The molecule has 0 radical (unpaired) electrons. The Balaban J connectivity index is 2.01. The van der Waals surface area contributed by atoms with E-state index >= 15 is 0 Å². The van der Waals surface area contributed by atoms with Gasteiger partial charge < -0.3 is 20.3 Å². The van der Waals surface area contributed by atoms with Gasteiger partial charge in [-0.05, 0) is 34.1 Å². The number of ether oxygens (including phenoxy) is 1. The van der Waals surface area contributed by atoms with E-state index in [9.17, 15) is 9.59 Å². The maximum absolute atomic E-state index is 12.3. The monoisotopic (exact) mass is 341 g/mol. The summed E-state index contributed by atoms with van der Waals surface area (Å²) in [5, 5.41) is 0. The third-order valence-electron chi connectivity index (χ3n) is 3.24. The van der Waals surface area contributed by atoms with Gasteiger partial charge in [-0.15, -0.1) is 0 Å². The molecule has 1 fully saturated rings. The fraction of sp³-hybridized carbons (Fsp3) is 0.385. The first kappa shape index (κ1) is 14.6. The molecule has 1 aliphatic rings. The lowest BCUT2D eigenvalue weighted by atomic mass is 10.1. The van der Waals surface area contributed by atoms with Crippen molar-refractivity contribution in [2.45, 2.75) is 0 Å². The first-order valence-electron chi connectivity index (χ1n) is 6.20. The van der Waals surface area contributed by atoms with Crippen LogP contribution in [0.4, 0.5) is 10.5 Å². The minimum atomic E-state index is -0.356. The number of carbonyl (C=O) groups excluding carboxylic acids is 2. The molecule has 0 unspecified atom stereocenters. The molecular weight excluding hydrogens is 326 g/mol. The van der Waals surface area contributed by atoms with Crippen LogP contribution in [-0.2, 0) is 4.74 Å². The first-order valence-corrected chi connectivity index (χ1v) is 6.99. The number of hydrogen-bond acceptors (Lipinski definition) is 4. The molecule has 0 aromatic heterocycles. The third-order valence-corrected chi connectivity index (χ3v) is 3.96. The van der Waals surface area contributed by atoms with Crippen LogP contribution < -0.4 is 5.73 Å². The number of hydrogen-bond donors (Lipinski definition) is 1. The van der Waals surface area contributed by atoms with E-state index in [1.54, 1.807) is 28.0 Å². The predicted octanol–water partition coefficient (Wildman–Crippen LogP) is 1.56. The lowest BCUT2D eigenvalue weighted by Gasteiger charge is -2.33. The lowest BCUT2D eigenvalue weighted by molar-refractivity contribution is 0.0600. The SMILES string of the molecule is COC(=O)N1CCN(C(=O)c2ccc(Br)c(N)c2)CC1. The van der Waals surface area contributed by atoms with E-state index in [0.29, 0.717) is 37.4 Å². The van der Waals surface area contributed by atoms with Gasteiger partial charge in [-0.1, -0.05) is 0 Å². The van der Waals surface area contributed by atoms with Crippen LogP contribution in [0.3, 0.4) is 0 Å². The molecule has 1 saturated heterocycles. The number of halogens is 1. The quantitative estimate of drug-likeness (QED) is 0.786. The number of methoxy groups -OCH3 is 1. The zero-order chi connectivity index (χ0) is 14.7. The van der Waals surface area contributed by atoms with Crippen molar-refractivity contribution in [3.8, 4) is 0 Å². The van der Waals surface area contributed by atoms with E-state index in [1.165, 1.54) is 7.11 Å². The highest BCUT2D eigenvalue weighted by Crippen LogP contribution is 2.21. The summed E-state index contributed by atoms with van der Waals surface area (Å²) in [7, 11) is 1.35. The summed E-state index contributed by atoms with van der Waals surface area (Å²) in [6.07, 6.45) is -0.356. The van der Waals surface area contributed by atoms with Gasteiger partial charge in [0.25, 0.3) is 5.91 Å². The number of rotatable bonds is 1. The van der Waals surface area contributed by atoms with Gasteiger partial charge in [-0.25, -0.2) is 4.79 Å². The molecule has 0 bridgehead atoms. The Morgan fingerprint density at radius 1 is 1.20 bits per heavy atom. The zero-order valence-electron chi connectivity index (χ0n) is 11.1. The molecule has 2 rings (SSSR count). The summed E-state index contributed by atoms with van der Waals surface area (Å²) in [4.78, 5) is 27.0. The molecule has 1 heterocycles. The number of carbonyl (C=O) groups is 2. The van der Waals surface area contributed by atoms with Gasteiger partial charge >= 0.3 is 6.09 Å². The minimum Gasteiger partial charge on any atom is -0.453 e. The highest BCUT2D eigenvalue weighted by molar-refractivity contribution is 9.10. The number of nitrogens with zero attached hydrogens (tertiary/aromatic N) is 2. The van der Waals surface area contributed by atoms with E-state index < -0.39 is 0 Å². The Labute approximate surface area is 125 Å². The lowest BCUT2D eigenvalue weighted by Crippen LogP contribution is -2.50. The van der Waals surface area contributed by atoms with Crippen LogP contribution >= 0.6 is 15.9 Å². The Morgan fingerprint density at radius 2 is 1.80 bits per heavy atom. The number of benzene rings is 1. The molecule has 7 heteroatoms. The molecule has 1 aromatic carbocycles. The van der Waals surface area contributed by atoms with Crippen molar-refractivity contribution in [2.75, 3.05) is 39.0 Å². The van der Waals surface area contributed by atoms with Crippen molar-refractivity contribution in [3.63, 3.8) is 0 Å². The van der Waals surface area contributed by atoms with Crippen LogP contribution in [0.15, 0.2) is 22.7 Å². The number of amides is 2. The summed E-state index contributed by atoms with van der Waals surface area (Å²) in [6.45, 7) is 1.93. The van der Waals surface area contributed by atoms with Gasteiger partial charge in [0, 0.05) is 41.9 Å². The molecule has 6 nitrogen and oxygen atoms in total. The summed E-state index contributed by atoms with van der Waals surface area (Å²) >= 11 is 3.30. The summed E-state index contributed by atoms with van der Waals surface area (Å²) < 4.78 is 5.43. The molecule has 108 valence electrons. The van der Waals surface area contributed by atoms with Crippen molar-refractivity contribution in [2.24, 2.45) is 0 Å². The molecule has 0 atom stereocenters. The van der Waals surface area contributed by atoms with Gasteiger partial charge in [0.2, 0.25) is 0 Å². The molecular formula is C13H16BrN3O3. The number of nitrogens with two attached hydrogens (primary N) is 1. The minimum absolute atomic E-state index is 0.0753. The Morgan fingerprint density at radius 3 is 2.35 bits per heavy atom. The summed E-state index contributed by atoms with van der Waals surface area (Å²) in [6, 6.07) is 5.14. The molecule has 0 spiro atoms. The standard InChI is InChI=1S/C13H16BrN3O3/c1-20-13(19)17-6-4-16(5-7-17)12(18)9-2-3-10(14)11(15)8-9/h2-3,8H,4-7,15H2,1H3. The van der Waals surface area contributed by atoms with Crippen LogP contribution in [0.25, 0.3) is 0 Å². The van der Waals surface area contributed by atoms with Crippen molar-refractivity contribution in [1.82, 2.24) is 9.80 Å². The van der Waals surface area contributed by atoms with Crippen LogP contribution in [-0.4, -0.2) is 55.1 Å². The zero-order valence-corrected chi connectivity index (χ0v) is 12.7. The average Bonchev–Trinajstić information content (AvgIpc) is 2.48. The Bertz CT molecular complexity index is 528. The smallest absolute Gasteiger partial charge is 0.409 e. The maximum Gasteiger partial charge on any atom is 0.409 e. The van der Waals surface area contributed by atoms with Crippen molar-refractivity contribution in [1.29, 1.82) is 0 Å². The molecule has 1 aliphatic heterocycles. The normalized spacial score (nSPS) is 15.1. The van der Waals surface area contributed by atoms with E-state index in [0.717, 1.165) is 4.47 Å². The van der Waals surface area contributed by atoms with Gasteiger partial charge in [0.1, 0.15) is 0 Å². The second-order valence-electron chi connectivity index (χ2n) is 4.49. The van der Waals surface area contributed by atoms with Gasteiger partial charge in [0.15, 0.2) is 0 Å².